The molecule has 0 fully saturated rings. The van der Waals surface area contributed by atoms with Gasteiger partial charge < -0.3 is 4.57 Å². The Morgan fingerprint density at radius 1 is 1.21 bits per heavy atom. The molecule has 24 heavy (non-hydrogen) atoms. The number of H-pyrrole nitrogens is 1. The molecule has 0 saturated heterocycles. The molecule has 0 aliphatic carbocycles. The lowest BCUT2D eigenvalue weighted by Crippen LogP contribution is -2.00. The number of hydrogen-bond donors (Lipinski definition) is 1. The molecular formula is C18H21N5S. The average Bonchev–Trinajstić information content (AvgIpc) is 3.06. The molecule has 6 heteroatoms. The largest absolute Gasteiger partial charge is 0.318 e. The van der Waals surface area contributed by atoms with Crippen molar-refractivity contribution in [3.05, 3.63) is 63.4 Å². The molecule has 0 aliphatic rings. The molecule has 1 N–H and O–H groups in total. The van der Waals surface area contributed by atoms with Crippen molar-refractivity contribution in [2.75, 3.05) is 0 Å². The Balaban J connectivity index is 2.00. The van der Waals surface area contributed by atoms with Crippen molar-refractivity contribution in [1.82, 2.24) is 19.4 Å². The van der Waals surface area contributed by atoms with Gasteiger partial charge >= 0.3 is 0 Å². The number of aryl methyl sites for hydroxylation is 3. The second-order valence-electron chi connectivity index (χ2n) is 5.85. The van der Waals surface area contributed by atoms with Gasteiger partial charge in [0.1, 0.15) is 0 Å². The third-order valence-electron chi connectivity index (χ3n) is 4.11. The summed E-state index contributed by atoms with van der Waals surface area (Å²) >= 11 is 5.23. The fourth-order valence-electron chi connectivity index (χ4n) is 2.80. The van der Waals surface area contributed by atoms with E-state index in [-0.39, 0.29) is 0 Å². The molecule has 3 aromatic rings. The summed E-state index contributed by atoms with van der Waals surface area (Å²) in [6.07, 6.45) is 2.62. The molecule has 0 amide bonds. The minimum absolute atomic E-state index is 0.510. The number of nitrogens with zero attached hydrogens (tertiary/aromatic N) is 4. The van der Waals surface area contributed by atoms with E-state index in [0.29, 0.717) is 4.77 Å². The smallest absolute Gasteiger partial charge is 0.216 e. The maximum atomic E-state index is 5.23. The zero-order chi connectivity index (χ0) is 17.3. The summed E-state index contributed by atoms with van der Waals surface area (Å²) in [4.78, 5) is 0. The third kappa shape index (κ3) is 2.97. The highest BCUT2D eigenvalue weighted by Crippen LogP contribution is 2.20. The van der Waals surface area contributed by atoms with Crippen molar-refractivity contribution >= 4 is 18.4 Å². The maximum Gasteiger partial charge on any atom is 0.216 e. The molecule has 0 saturated carbocycles. The normalized spacial score (nSPS) is 11.5. The molecule has 0 bridgehead atoms. The quantitative estimate of drug-likeness (QED) is 0.575. The van der Waals surface area contributed by atoms with Gasteiger partial charge in [-0.3, -0.25) is 5.10 Å². The summed E-state index contributed by atoms with van der Waals surface area (Å²) < 4.78 is 4.42. The summed E-state index contributed by atoms with van der Waals surface area (Å²) in [5.41, 5.74) is 5.80. The topological polar surface area (TPSA) is 50.9 Å². The maximum absolute atomic E-state index is 5.23. The van der Waals surface area contributed by atoms with Crippen molar-refractivity contribution in [3.8, 4) is 5.69 Å². The Kier molecular flexibility index (Phi) is 4.49. The van der Waals surface area contributed by atoms with E-state index in [1.807, 2.05) is 13.1 Å². The molecule has 1 aromatic carbocycles. The van der Waals surface area contributed by atoms with Crippen LogP contribution in [0.2, 0.25) is 0 Å². The van der Waals surface area contributed by atoms with Gasteiger partial charge in [-0.15, -0.1) is 0 Å². The molecule has 3 rings (SSSR count). The highest BCUT2D eigenvalue weighted by molar-refractivity contribution is 7.71. The summed E-state index contributed by atoms with van der Waals surface area (Å²) in [7, 11) is 0. The van der Waals surface area contributed by atoms with Crippen LogP contribution in [0.5, 0.6) is 0 Å². The Bertz CT molecular complexity index is 941. The number of aromatic nitrogens is 4. The van der Waals surface area contributed by atoms with Gasteiger partial charge in [0.05, 0.1) is 6.21 Å². The zero-order valence-electron chi connectivity index (χ0n) is 14.4. The van der Waals surface area contributed by atoms with E-state index >= 15 is 0 Å². The van der Waals surface area contributed by atoms with Gasteiger partial charge in [0.15, 0.2) is 5.82 Å². The highest BCUT2D eigenvalue weighted by atomic mass is 32.1. The molecule has 0 radical (unpaired) electrons. The fraction of sp³-hybridized carbons (Fsp3) is 0.278. The first-order chi connectivity index (χ1) is 11.5. The minimum atomic E-state index is 0.510. The van der Waals surface area contributed by atoms with Crippen LogP contribution in [0.3, 0.4) is 0 Å². The second kappa shape index (κ2) is 6.57. The van der Waals surface area contributed by atoms with Crippen LogP contribution in [0, 0.1) is 25.5 Å². The van der Waals surface area contributed by atoms with E-state index in [0.717, 1.165) is 29.2 Å². The summed E-state index contributed by atoms with van der Waals surface area (Å²) in [5, 5.41) is 11.5. The number of rotatable bonds is 4. The fourth-order valence-corrected chi connectivity index (χ4v) is 3.00. The van der Waals surface area contributed by atoms with Gasteiger partial charge in [0, 0.05) is 29.1 Å². The molecule has 0 atom stereocenters. The average molecular weight is 339 g/mol. The van der Waals surface area contributed by atoms with E-state index in [9.17, 15) is 0 Å². The van der Waals surface area contributed by atoms with Gasteiger partial charge in [0.2, 0.25) is 4.77 Å². The van der Waals surface area contributed by atoms with Crippen molar-refractivity contribution in [1.29, 1.82) is 0 Å². The van der Waals surface area contributed by atoms with E-state index in [1.54, 1.807) is 4.68 Å². The zero-order valence-corrected chi connectivity index (χ0v) is 15.2. The van der Waals surface area contributed by atoms with Crippen molar-refractivity contribution in [2.45, 2.75) is 34.1 Å². The van der Waals surface area contributed by atoms with E-state index in [2.05, 4.69) is 71.0 Å². The molecule has 5 nitrogen and oxygen atoms in total. The molecule has 0 spiro atoms. The number of aromatic amines is 1. The van der Waals surface area contributed by atoms with Gasteiger partial charge in [-0.2, -0.15) is 14.9 Å². The van der Waals surface area contributed by atoms with Crippen LogP contribution in [-0.2, 0) is 6.42 Å². The number of nitrogens with one attached hydrogen (secondary N) is 1. The number of benzene rings is 1. The lowest BCUT2D eigenvalue weighted by Gasteiger charge is -2.09. The Labute approximate surface area is 146 Å². The lowest BCUT2D eigenvalue weighted by molar-refractivity contribution is 0.780. The van der Waals surface area contributed by atoms with Crippen LogP contribution in [0.4, 0.5) is 0 Å². The first kappa shape index (κ1) is 16.4. The lowest BCUT2D eigenvalue weighted by atomic mass is 10.2. The third-order valence-corrected chi connectivity index (χ3v) is 4.37. The SMILES string of the molecule is CCc1n[nH]c(=S)n1/N=C\c1cc(C)n(-c2ccc(C)cc2)c1C. The van der Waals surface area contributed by atoms with Gasteiger partial charge in [0.25, 0.3) is 0 Å². The van der Waals surface area contributed by atoms with Crippen molar-refractivity contribution in [3.63, 3.8) is 0 Å². The summed E-state index contributed by atoms with van der Waals surface area (Å²) in [6, 6.07) is 10.7. The predicted molar refractivity (Wildman–Crippen MR) is 99.8 cm³/mol. The Morgan fingerprint density at radius 3 is 2.58 bits per heavy atom. The van der Waals surface area contributed by atoms with Gasteiger partial charge in [-0.1, -0.05) is 24.6 Å². The van der Waals surface area contributed by atoms with Crippen LogP contribution in [0.1, 0.15) is 35.3 Å². The molecule has 0 unspecified atom stereocenters. The van der Waals surface area contributed by atoms with Gasteiger partial charge in [-0.25, -0.2) is 0 Å². The van der Waals surface area contributed by atoms with E-state index in [1.165, 1.54) is 11.3 Å². The molecule has 0 aliphatic heterocycles. The minimum Gasteiger partial charge on any atom is -0.318 e. The van der Waals surface area contributed by atoms with Crippen LogP contribution >= 0.6 is 12.2 Å². The first-order valence-electron chi connectivity index (χ1n) is 7.98. The number of hydrogen-bond acceptors (Lipinski definition) is 3. The molecule has 124 valence electrons. The molecule has 2 heterocycles. The van der Waals surface area contributed by atoms with Crippen LogP contribution < -0.4 is 0 Å². The summed E-state index contributed by atoms with van der Waals surface area (Å²) in [6.45, 7) is 8.33. The van der Waals surface area contributed by atoms with E-state index < -0.39 is 0 Å². The Hall–Kier alpha value is -2.47. The Morgan fingerprint density at radius 2 is 1.92 bits per heavy atom. The standard InChI is InChI=1S/C18H21N5S/c1-5-17-20-21-18(24)23(17)19-11-15-10-13(3)22(14(15)4)16-8-6-12(2)7-9-16/h6-11H,5H2,1-4H3,(H,21,24)/b19-11-. The van der Waals surface area contributed by atoms with Crippen LogP contribution in [-0.4, -0.2) is 25.7 Å². The first-order valence-corrected chi connectivity index (χ1v) is 8.38. The molecule has 2 aromatic heterocycles. The predicted octanol–water partition coefficient (Wildman–Crippen LogP) is 4.10. The van der Waals surface area contributed by atoms with E-state index in [4.69, 9.17) is 12.2 Å². The van der Waals surface area contributed by atoms with Crippen LogP contribution in [0.15, 0.2) is 35.4 Å². The van der Waals surface area contributed by atoms with Crippen molar-refractivity contribution in [2.24, 2.45) is 5.10 Å². The van der Waals surface area contributed by atoms with Crippen LogP contribution in [0.25, 0.3) is 5.69 Å². The highest BCUT2D eigenvalue weighted by Gasteiger charge is 2.10. The van der Waals surface area contributed by atoms with Gasteiger partial charge in [-0.05, 0) is 51.2 Å². The van der Waals surface area contributed by atoms with Crippen molar-refractivity contribution < 1.29 is 0 Å². The monoisotopic (exact) mass is 339 g/mol. The molecular weight excluding hydrogens is 318 g/mol. The second-order valence-corrected chi connectivity index (χ2v) is 6.24. The summed E-state index contributed by atoms with van der Waals surface area (Å²) in [5.74, 6) is 0.823.